The summed E-state index contributed by atoms with van der Waals surface area (Å²) in [5.74, 6) is -0.539. The minimum Gasteiger partial charge on any atom is -0.481 e. The lowest BCUT2D eigenvalue weighted by Gasteiger charge is -2.32. The maximum atomic E-state index is 14.7. The van der Waals surface area contributed by atoms with E-state index in [-0.39, 0.29) is 19.4 Å². The van der Waals surface area contributed by atoms with Crippen LogP contribution < -0.4 is 5.32 Å². The Morgan fingerprint density at radius 2 is 2.04 bits per heavy atom. The second kappa shape index (κ2) is 7.13. The summed E-state index contributed by atoms with van der Waals surface area (Å²) in [5.41, 5.74) is 0.333. The molecule has 128 valence electrons. The topological polar surface area (TPSA) is 75.4 Å². The van der Waals surface area contributed by atoms with Crippen molar-refractivity contribution in [2.75, 3.05) is 6.54 Å². The largest absolute Gasteiger partial charge is 0.481 e. The van der Waals surface area contributed by atoms with E-state index in [1.807, 2.05) is 36.4 Å². The molecule has 0 aliphatic heterocycles. The Bertz CT molecular complexity index is 679. The monoisotopic (exact) mass is 332 g/mol. The maximum absolute atomic E-state index is 14.7. The number of hydrogen-bond donors (Lipinski definition) is 2. The molecule has 0 saturated heterocycles. The van der Waals surface area contributed by atoms with Crippen LogP contribution in [0.4, 0.5) is 4.39 Å². The molecule has 3 rings (SSSR count). The fourth-order valence-electron chi connectivity index (χ4n) is 3.11. The molecule has 1 heterocycles. The minimum absolute atomic E-state index is 0.201. The predicted molar refractivity (Wildman–Crippen MR) is 87.1 cm³/mol. The lowest BCUT2D eigenvalue weighted by atomic mass is 9.80. The molecule has 1 fully saturated rings. The van der Waals surface area contributed by atoms with Crippen molar-refractivity contribution in [3.05, 3.63) is 42.1 Å². The predicted octanol–water partition coefficient (Wildman–Crippen LogP) is 3.41. The lowest BCUT2D eigenvalue weighted by Crippen LogP contribution is -2.40. The molecule has 2 aromatic rings. The van der Waals surface area contributed by atoms with Crippen LogP contribution in [0.15, 0.2) is 40.9 Å². The minimum atomic E-state index is -1.34. The number of carboxylic acids is 1. The fraction of sp³-hybridized carbons (Fsp3) is 0.444. The Morgan fingerprint density at radius 3 is 2.71 bits per heavy atom. The highest BCUT2D eigenvalue weighted by atomic mass is 19.1. The first-order chi connectivity index (χ1) is 11.6. The summed E-state index contributed by atoms with van der Waals surface area (Å²) in [6.07, 6.45) is 1.36. The van der Waals surface area contributed by atoms with E-state index in [1.165, 1.54) is 0 Å². The summed E-state index contributed by atoms with van der Waals surface area (Å²) >= 11 is 0. The van der Waals surface area contributed by atoms with Gasteiger partial charge in [0.2, 0.25) is 0 Å². The van der Waals surface area contributed by atoms with Gasteiger partial charge < -0.3 is 14.9 Å². The van der Waals surface area contributed by atoms with Crippen molar-refractivity contribution in [1.82, 2.24) is 10.5 Å². The van der Waals surface area contributed by atoms with Crippen LogP contribution in [0.2, 0.25) is 0 Å². The molecule has 1 aromatic heterocycles. The second-order valence-electron chi connectivity index (χ2n) is 6.42. The van der Waals surface area contributed by atoms with Gasteiger partial charge in [-0.05, 0) is 25.7 Å². The highest BCUT2D eigenvalue weighted by Gasteiger charge is 2.37. The summed E-state index contributed by atoms with van der Waals surface area (Å²) in [7, 11) is 0. The summed E-state index contributed by atoms with van der Waals surface area (Å²) in [6, 6.07) is 11.5. The Labute approximate surface area is 139 Å². The Balaban J connectivity index is 1.49. The molecule has 0 unspecified atom stereocenters. The number of hydrogen-bond acceptors (Lipinski definition) is 4. The van der Waals surface area contributed by atoms with Gasteiger partial charge in [0.1, 0.15) is 5.67 Å². The van der Waals surface area contributed by atoms with Crippen LogP contribution >= 0.6 is 0 Å². The number of alkyl halides is 1. The third-order valence-corrected chi connectivity index (χ3v) is 4.60. The number of benzene rings is 1. The van der Waals surface area contributed by atoms with Crippen LogP contribution in [-0.2, 0) is 11.3 Å². The number of aromatic nitrogens is 1. The number of nitrogens with one attached hydrogen (secondary N) is 1. The molecule has 0 spiro atoms. The average Bonchev–Trinajstić information content (AvgIpc) is 3.05. The van der Waals surface area contributed by atoms with Crippen LogP contribution in [0.1, 0.15) is 31.4 Å². The number of rotatable bonds is 6. The van der Waals surface area contributed by atoms with Crippen molar-refractivity contribution in [2.24, 2.45) is 5.92 Å². The molecule has 1 aliphatic carbocycles. The molecule has 0 radical (unpaired) electrons. The van der Waals surface area contributed by atoms with Gasteiger partial charge in [0.25, 0.3) is 0 Å². The van der Waals surface area contributed by atoms with E-state index in [9.17, 15) is 9.18 Å². The zero-order valence-corrected chi connectivity index (χ0v) is 13.4. The van der Waals surface area contributed by atoms with Crippen molar-refractivity contribution in [3.8, 4) is 11.3 Å². The van der Waals surface area contributed by atoms with Gasteiger partial charge in [0.15, 0.2) is 5.76 Å². The molecular weight excluding hydrogens is 311 g/mol. The van der Waals surface area contributed by atoms with E-state index in [2.05, 4.69) is 10.5 Å². The van der Waals surface area contributed by atoms with E-state index in [0.29, 0.717) is 25.1 Å². The van der Waals surface area contributed by atoms with Crippen LogP contribution in [0.25, 0.3) is 11.3 Å². The smallest absolute Gasteiger partial charge is 0.306 e. The van der Waals surface area contributed by atoms with Crippen LogP contribution in [0.3, 0.4) is 0 Å². The van der Waals surface area contributed by atoms with Crippen molar-refractivity contribution in [3.63, 3.8) is 0 Å². The third kappa shape index (κ3) is 4.00. The highest BCUT2D eigenvalue weighted by molar-refractivity contribution is 5.70. The van der Waals surface area contributed by atoms with Gasteiger partial charge in [0, 0.05) is 24.7 Å². The van der Waals surface area contributed by atoms with Gasteiger partial charge in [-0.2, -0.15) is 0 Å². The summed E-state index contributed by atoms with van der Waals surface area (Å²) in [6.45, 7) is 0.622. The van der Waals surface area contributed by atoms with Gasteiger partial charge >= 0.3 is 5.97 Å². The summed E-state index contributed by atoms with van der Waals surface area (Å²) in [5, 5.41) is 16.0. The molecular formula is C18H21FN2O3. The maximum Gasteiger partial charge on any atom is 0.306 e. The van der Waals surface area contributed by atoms with Gasteiger partial charge in [-0.15, -0.1) is 0 Å². The number of carbonyl (C=O) groups is 1. The van der Waals surface area contributed by atoms with E-state index in [0.717, 1.165) is 11.3 Å². The van der Waals surface area contributed by atoms with Gasteiger partial charge in [-0.25, -0.2) is 4.39 Å². The molecule has 5 nitrogen and oxygen atoms in total. The molecule has 1 aromatic carbocycles. The first kappa shape index (κ1) is 16.6. The van der Waals surface area contributed by atoms with Crippen molar-refractivity contribution >= 4 is 5.97 Å². The molecule has 1 aliphatic rings. The van der Waals surface area contributed by atoms with E-state index in [1.54, 1.807) is 0 Å². The normalized spacial score (nSPS) is 24.0. The zero-order chi connectivity index (χ0) is 17.0. The van der Waals surface area contributed by atoms with Crippen molar-refractivity contribution in [1.29, 1.82) is 0 Å². The van der Waals surface area contributed by atoms with Crippen LogP contribution in [-0.4, -0.2) is 28.4 Å². The van der Waals surface area contributed by atoms with E-state index < -0.39 is 17.6 Å². The molecule has 0 atom stereocenters. The standard InChI is InChI=1S/C18H21FN2O3/c19-18(8-6-14(7-9-18)17(22)23)12-20-11-15-10-16(24-21-15)13-4-2-1-3-5-13/h1-5,10,14,20H,6-9,11-12H2,(H,22,23). The first-order valence-electron chi connectivity index (χ1n) is 8.19. The van der Waals surface area contributed by atoms with Gasteiger partial charge in [-0.1, -0.05) is 35.5 Å². The fourth-order valence-corrected chi connectivity index (χ4v) is 3.11. The number of carboxylic acid groups (broad SMARTS) is 1. The van der Waals surface area contributed by atoms with Crippen molar-refractivity contribution in [2.45, 2.75) is 37.9 Å². The average molecular weight is 332 g/mol. The molecule has 24 heavy (non-hydrogen) atoms. The second-order valence-corrected chi connectivity index (χ2v) is 6.42. The van der Waals surface area contributed by atoms with E-state index in [4.69, 9.17) is 9.63 Å². The molecule has 2 N–H and O–H groups in total. The van der Waals surface area contributed by atoms with Gasteiger partial charge in [0.05, 0.1) is 11.6 Å². The van der Waals surface area contributed by atoms with Crippen LogP contribution in [0.5, 0.6) is 0 Å². The Hall–Kier alpha value is -2.21. The quantitative estimate of drug-likeness (QED) is 0.848. The van der Waals surface area contributed by atoms with Gasteiger partial charge in [-0.3, -0.25) is 4.79 Å². The number of aliphatic carboxylic acids is 1. The molecule has 0 bridgehead atoms. The van der Waals surface area contributed by atoms with E-state index >= 15 is 0 Å². The summed E-state index contributed by atoms with van der Waals surface area (Å²) in [4.78, 5) is 10.9. The first-order valence-corrected chi connectivity index (χ1v) is 8.19. The van der Waals surface area contributed by atoms with Crippen LogP contribution in [0, 0.1) is 5.92 Å². The zero-order valence-electron chi connectivity index (χ0n) is 13.4. The molecule has 0 amide bonds. The Kier molecular flexibility index (Phi) is 4.94. The number of halogens is 1. The highest BCUT2D eigenvalue weighted by Crippen LogP contribution is 2.34. The number of nitrogens with zero attached hydrogens (tertiary/aromatic N) is 1. The summed E-state index contributed by atoms with van der Waals surface area (Å²) < 4.78 is 20.0. The SMILES string of the molecule is O=C(O)C1CCC(F)(CNCc2cc(-c3ccccc3)on2)CC1. The molecule has 6 heteroatoms. The lowest BCUT2D eigenvalue weighted by molar-refractivity contribution is -0.143. The van der Waals surface area contributed by atoms with Crippen molar-refractivity contribution < 1.29 is 18.8 Å². The Morgan fingerprint density at radius 1 is 1.33 bits per heavy atom. The third-order valence-electron chi connectivity index (χ3n) is 4.60. The molecule has 1 saturated carbocycles.